The zero-order chi connectivity index (χ0) is 13.1. The van der Waals surface area contributed by atoms with Crippen LogP contribution in [0.5, 0.6) is 0 Å². The van der Waals surface area contributed by atoms with Crippen molar-refractivity contribution >= 4 is 11.6 Å². The van der Waals surface area contributed by atoms with Crippen LogP contribution in [0.2, 0.25) is 5.02 Å². The molecule has 3 N–H and O–H groups in total. The Kier molecular flexibility index (Phi) is 4.99. The van der Waals surface area contributed by atoms with Crippen LogP contribution in [0.3, 0.4) is 0 Å². The van der Waals surface area contributed by atoms with Gasteiger partial charge in [-0.3, -0.25) is 0 Å². The summed E-state index contributed by atoms with van der Waals surface area (Å²) in [5.74, 6) is 0.315. The average Bonchev–Trinajstić information content (AvgIpc) is 2.28. The molecule has 0 heterocycles. The predicted octanol–water partition coefficient (Wildman–Crippen LogP) is 2.78. The van der Waals surface area contributed by atoms with E-state index in [2.05, 4.69) is 13.8 Å². The van der Waals surface area contributed by atoms with Gasteiger partial charge in [0.25, 0.3) is 0 Å². The van der Waals surface area contributed by atoms with E-state index in [0.717, 1.165) is 22.6 Å². The lowest BCUT2D eigenvalue weighted by Gasteiger charge is -2.35. The third kappa shape index (κ3) is 3.21. The first-order valence-electron chi connectivity index (χ1n) is 6.01. The van der Waals surface area contributed by atoms with E-state index in [1.807, 2.05) is 25.1 Å². The Balaban J connectivity index is 3.01. The fourth-order valence-corrected chi connectivity index (χ4v) is 2.29. The Morgan fingerprint density at radius 2 is 2.06 bits per heavy atom. The van der Waals surface area contributed by atoms with Gasteiger partial charge in [0.1, 0.15) is 0 Å². The van der Waals surface area contributed by atoms with Crippen LogP contribution in [0.25, 0.3) is 0 Å². The first kappa shape index (κ1) is 14.5. The SMILES string of the molecule is Cc1ccc(CC(CN)(CO)C(C)C)c(Cl)c1. The van der Waals surface area contributed by atoms with E-state index in [0.29, 0.717) is 12.5 Å². The van der Waals surface area contributed by atoms with Crippen molar-refractivity contribution in [2.45, 2.75) is 27.2 Å². The molecule has 0 radical (unpaired) electrons. The van der Waals surface area contributed by atoms with Crippen LogP contribution < -0.4 is 5.73 Å². The molecule has 1 atom stereocenters. The molecular weight excluding hydrogens is 234 g/mol. The van der Waals surface area contributed by atoms with Gasteiger partial charge in [0.05, 0.1) is 6.61 Å². The van der Waals surface area contributed by atoms with Gasteiger partial charge >= 0.3 is 0 Å². The second-order valence-corrected chi connectivity index (χ2v) is 5.56. The Hall–Kier alpha value is -0.570. The molecule has 3 heteroatoms. The summed E-state index contributed by atoms with van der Waals surface area (Å²) in [6.45, 7) is 6.74. The highest BCUT2D eigenvalue weighted by Crippen LogP contribution is 2.33. The smallest absolute Gasteiger partial charge is 0.0505 e. The second kappa shape index (κ2) is 5.85. The van der Waals surface area contributed by atoms with Crippen molar-refractivity contribution in [2.75, 3.05) is 13.2 Å². The number of aliphatic hydroxyl groups is 1. The van der Waals surface area contributed by atoms with E-state index in [4.69, 9.17) is 17.3 Å². The number of hydrogen-bond acceptors (Lipinski definition) is 2. The van der Waals surface area contributed by atoms with Crippen LogP contribution in [0.15, 0.2) is 18.2 Å². The molecule has 2 nitrogen and oxygen atoms in total. The molecule has 0 bridgehead atoms. The molecule has 0 spiro atoms. The van der Waals surface area contributed by atoms with Crippen molar-refractivity contribution in [3.63, 3.8) is 0 Å². The summed E-state index contributed by atoms with van der Waals surface area (Å²) in [6.07, 6.45) is 0.719. The van der Waals surface area contributed by atoms with Crippen LogP contribution in [0.1, 0.15) is 25.0 Å². The fourth-order valence-electron chi connectivity index (χ4n) is 1.99. The molecule has 0 saturated heterocycles. The summed E-state index contributed by atoms with van der Waals surface area (Å²) in [7, 11) is 0. The first-order valence-corrected chi connectivity index (χ1v) is 6.39. The van der Waals surface area contributed by atoms with Crippen molar-refractivity contribution < 1.29 is 5.11 Å². The molecular formula is C14H22ClNO. The van der Waals surface area contributed by atoms with Crippen molar-refractivity contribution in [1.82, 2.24) is 0 Å². The molecule has 1 rings (SSSR count). The number of aryl methyl sites for hydroxylation is 1. The molecule has 1 unspecified atom stereocenters. The topological polar surface area (TPSA) is 46.2 Å². The number of benzene rings is 1. The summed E-state index contributed by atoms with van der Waals surface area (Å²) in [5, 5.41) is 10.4. The van der Waals surface area contributed by atoms with E-state index >= 15 is 0 Å². The summed E-state index contributed by atoms with van der Waals surface area (Å²) >= 11 is 6.23. The Morgan fingerprint density at radius 3 is 2.47 bits per heavy atom. The van der Waals surface area contributed by atoms with Gasteiger partial charge in [-0.1, -0.05) is 37.6 Å². The van der Waals surface area contributed by atoms with Crippen molar-refractivity contribution in [3.05, 3.63) is 34.3 Å². The van der Waals surface area contributed by atoms with Crippen LogP contribution in [-0.2, 0) is 6.42 Å². The van der Waals surface area contributed by atoms with Crippen molar-refractivity contribution in [3.8, 4) is 0 Å². The van der Waals surface area contributed by atoms with Crippen molar-refractivity contribution in [1.29, 1.82) is 0 Å². The standard InChI is InChI=1S/C14H22ClNO/c1-10(2)14(8-16,9-17)7-12-5-4-11(3)6-13(12)15/h4-6,10,17H,7-9,16H2,1-3H3. The lowest BCUT2D eigenvalue weighted by molar-refractivity contribution is 0.0843. The summed E-state index contributed by atoms with van der Waals surface area (Å²) in [6, 6.07) is 6.02. The van der Waals surface area contributed by atoms with Gasteiger partial charge in [-0.25, -0.2) is 0 Å². The number of aliphatic hydroxyl groups excluding tert-OH is 1. The minimum atomic E-state index is -0.279. The van der Waals surface area contributed by atoms with E-state index in [1.165, 1.54) is 0 Å². The van der Waals surface area contributed by atoms with Gasteiger partial charge in [0.2, 0.25) is 0 Å². The van der Waals surface area contributed by atoms with Gasteiger partial charge < -0.3 is 10.8 Å². The van der Waals surface area contributed by atoms with Crippen LogP contribution >= 0.6 is 11.6 Å². The van der Waals surface area contributed by atoms with Crippen molar-refractivity contribution in [2.24, 2.45) is 17.1 Å². The maximum absolute atomic E-state index is 9.63. The molecule has 0 aliphatic heterocycles. The second-order valence-electron chi connectivity index (χ2n) is 5.15. The zero-order valence-corrected chi connectivity index (χ0v) is 11.6. The largest absolute Gasteiger partial charge is 0.396 e. The Morgan fingerprint density at radius 1 is 1.41 bits per heavy atom. The molecule has 0 saturated carbocycles. The molecule has 96 valence electrons. The Bertz CT molecular complexity index is 372. The fraction of sp³-hybridized carbons (Fsp3) is 0.571. The lowest BCUT2D eigenvalue weighted by Crippen LogP contribution is -2.41. The monoisotopic (exact) mass is 255 g/mol. The quantitative estimate of drug-likeness (QED) is 0.850. The highest BCUT2D eigenvalue weighted by molar-refractivity contribution is 6.31. The maximum atomic E-state index is 9.63. The number of halogens is 1. The molecule has 0 fully saturated rings. The Labute approximate surface area is 109 Å². The summed E-state index contributed by atoms with van der Waals surface area (Å²) in [4.78, 5) is 0. The van der Waals surface area contributed by atoms with Crippen LogP contribution in [-0.4, -0.2) is 18.3 Å². The van der Waals surface area contributed by atoms with E-state index in [1.54, 1.807) is 0 Å². The minimum Gasteiger partial charge on any atom is -0.396 e. The van der Waals surface area contributed by atoms with Gasteiger partial charge in [-0.2, -0.15) is 0 Å². The lowest BCUT2D eigenvalue weighted by atomic mass is 9.73. The highest BCUT2D eigenvalue weighted by atomic mass is 35.5. The zero-order valence-electron chi connectivity index (χ0n) is 10.8. The number of rotatable bonds is 5. The number of nitrogens with two attached hydrogens (primary N) is 1. The van der Waals surface area contributed by atoms with E-state index < -0.39 is 0 Å². The molecule has 0 aliphatic carbocycles. The molecule has 1 aromatic rings. The molecule has 0 amide bonds. The van der Waals surface area contributed by atoms with Gasteiger partial charge in [-0.05, 0) is 36.5 Å². The third-order valence-electron chi connectivity index (χ3n) is 3.70. The summed E-state index contributed by atoms with van der Waals surface area (Å²) < 4.78 is 0. The van der Waals surface area contributed by atoms with E-state index in [-0.39, 0.29) is 12.0 Å². The van der Waals surface area contributed by atoms with Gasteiger partial charge in [-0.15, -0.1) is 0 Å². The average molecular weight is 256 g/mol. The van der Waals surface area contributed by atoms with Gasteiger partial charge in [0.15, 0.2) is 0 Å². The normalized spacial score (nSPS) is 15.0. The molecule has 0 aliphatic rings. The summed E-state index contributed by atoms with van der Waals surface area (Å²) in [5.41, 5.74) is 7.77. The molecule has 0 aromatic heterocycles. The minimum absolute atomic E-state index is 0.0887. The highest BCUT2D eigenvalue weighted by Gasteiger charge is 2.32. The first-order chi connectivity index (χ1) is 7.95. The van der Waals surface area contributed by atoms with E-state index in [9.17, 15) is 5.11 Å². The number of hydrogen-bond donors (Lipinski definition) is 2. The molecule has 17 heavy (non-hydrogen) atoms. The maximum Gasteiger partial charge on any atom is 0.0505 e. The predicted molar refractivity (Wildman–Crippen MR) is 73.3 cm³/mol. The third-order valence-corrected chi connectivity index (χ3v) is 4.05. The van der Waals surface area contributed by atoms with Crippen LogP contribution in [0, 0.1) is 18.3 Å². The molecule has 1 aromatic carbocycles. The van der Waals surface area contributed by atoms with Gasteiger partial charge in [0, 0.05) is 17.0 Å². The van der Waals surface area contributed by atoms with Crippen LogP contribution in [0.4, 0.5) is 0 Å².